The summed E-state index contributed by atoms with van der Waals surface area (Å²) in [5, 5.41) is 11.4. The van der Waals surface area contributed by atoms with Crippen LogP contribution in [0.25, 0.3) is 0 Å². The molecule has 0 radical (unpaired) electrons. The van der Waals surface area contributed by atoms with Crippen LogP contribution in [0.3, 0.4) is 0 Å². The molecular weight excluding hydrogens is 210 g/mol. The fourth-order valence-electron chi connectivity index (χ4n) is 1.35. The van der Waals surface area contributed by atoms with E-state index in [0.29, 0.717) is 12.1 Å². The average molecular weight is 225 g/mol. The molecule has 6 nitrogen and oxygen atoms in total. The van der Waals surface area contributed by atoms with Gasteiger partial charge in [0.2, 0.25) is 0 Å². The molecule has 16 heavy (non-hydrogen) atoms. The third kappa shape index (κ3) is 3.38. The van der Waals surface area contributed by atoms with Crippen molar-refractivity contribution >= 4 is 11.9 Å². The molecule has 3 N–H and O–H groups in total. The van der Waals surface area contributed by atoms with Crippen LogP contribution >= 0.6 is 0 Å². The molecular formula is C10H15N3O3. The molecule has 88 valence electrons. The molecule has 6 heteroatoms. The third-order valence-electron chi connectivity index (χ3n) is 2.24. The summed E-state index contributed by atoms with van der Waals surface area (Å²) < 4.78 is 0. The first-order valence-electron chi connectivity index (χ1n) is 5.14. The first kappa shape index (κ1) is 12.2. The lowest BCUT2D eigenvalue weighted by molar-refractivity contribution is -0.141. The SMILES string of the molecule is CCCC(CNC(=O)c1cnc[nH]1)C(=O)O. The van der Waals surface area contributed by atoms with Crippen molar-refractivity contribution in [2.24, 2.45) is 5.92 Å². The minimum atomic E-state index is -0.883. The Morgan fingerprint density at radius 3 is 2.88 bits per heavy atom. The lowest BCUT2D eigenvalue weighted by Crippen LogP contribution is -2.33. The number of aromatic nitrogens is 2. The molecule has 1 aromatic rings. The Morgan fingerprint density at radius 1 is 1.62 bits per heavy atom. The summed E-state index contributed by atoms with van der Waals surface area (Å²) in [4.78, 5) is 28.6. The lowest BCUT2D eigenvalue weighted by Gasteiger charge is -2.11. The zero-order chi connectivity index (χ0) is 12.0. The summed E-state index contributed by atoms with van der Waals surface area (Å²) in [6.07, 6.45) is 4.12. The Hall–Kier alpha value is -1.85. The van der Waals surface area contributed by atoms with Crippen molar-refractivity contribution in [2.45, 2.75) is 19.8 Å². The maximum Gasteiger partial charge on any atom is 0.308 e. The minimum Gasteiger partial charge on any atom is -0.481 e. The second kappa shape index (κ2) is 5.89. The second-order valence-corrected chi connectivity index (χ2v) is 3.50. The topological polar surface area (TPSA) is 95.1 Å². The molecule has 0 aromatic carbocycles. The number of imidazole rings is 1. The highest BCUT2D eigenvalue weighted by Crippen LogP contribution is 2.05. The van der Waals surface area contributed by atoms with Crippen molar-refractivity contribution < 1.29 is 14.7 Å². The quantitative estimate of drug-likeness (QED) is 0.662. The Labute approximate surface area is 93.1 Å². The summed E-state index contributed by atoms with van der Waals surface area (Å²) in [5.74, 6) is -1.75. The van der Waals surface area contributed by atoms with E-state index in [1.54, 1.807) is 0 Å². The Morgan fingerprint density at radius 2 is 2.38 bits per heavy atom. The smallest absolute Gasteiger partial charge is 0.308 e. The van der Waals surface area contributed by atoms with E-state index in [1.165, 1.54) is 12.5 Å². The number of H-pyrrole nitrogens is 1. The Bertz CT molecular complexity index is 348. The van der Waals surface area contributed by atoms with Gasteiger partial charge in [0.15, 0.2) is 0 Å². The standard InChI is InChI=1S/C10H15N3O3/c1-2-3-7(10(15)16)4-12-9(14)8-5-11-6-13-8/h5-7H,2-4H2,1H3,(H,11,13)(H,12,14)(H,15,16). The number of hydrogen-bond donors (Lipinski definition) is 3. The molecule has 1 atom stereocenters. The molecule has 0 bridgehead atoms. The van der Waals surface area contributed by atoms with Crippen LogP contribution in [-0.2, 0) is 4.79 Å². The third-order valence-corrected chi connectivity index (χ3v) is 2.24. The number of hydrogen-bond acceptors (Lipinski definition) is 3. The van der Waals surface area contributed by atoms with Crippen molar-refractivity contribution in [1.29, 1.82) is 0 Å². The van der Waals surface area contributed by atoms with Gasteiger partial charge in [0, 0.05) is 6.54 Å². The van der Waals surface area contributed by atoms with Gasteiger partial charge < -0.3 is 15.4 Å². The monoisotopic (exact) mass is 225 g/mol. The zero-order valence-corrected chi connectivity index (χ0v) is 9.06. The number of aliphatic carboxylic acids is 1. The normalized spacial score (nSPS) is 12.1. The number of aromatic amines is 1. The van der Waals surface area contributed by atoms with E-state index in [9.17, 15) is 9.59 Å². The summed E-state index contributed by atoms with van der Waals surface area (Å²) in [6, 6.07) is 0. The number of carboxylic acids is 1. The molecule has 0 fully saturated rings. The van der Waals surface area contributed by atoms with Crippen LogP contribution in [0, 0.1) is 5.92 Å². The van der Waals surface area contributed by atoms with Crippen molar-refractivity contribution in [1.82, 2.24) is 15.3 Å². The number of carbonyl (C=O) groups excluding carboxylic acids is 1. The number of nitrogens with one attached hydrogen (secondary N) is 2. The van der Waals surface area contributed by atoms with E-state index in [4.69, 9.17) is 5.11 Å². The molecule has 1 rings (SSSR count). The molecule has 0 aliphatic heterocycles. The van der Waals surface area contributed by atoms with Gasteiger partial charge in [-0.1, -0.05) is 13.3 Å². The summed E-state index contributed by atoms with van der Waals surface area (Å²) in [7, 11) is 0. The molecule has 0 spiro atoms. The summed E-state index contributed by atoms with van der Waals surface area (Å²) in [6.45, 7) is 2.05. The van der Waals surface area contributed by atoms with Crippen LogP contribution in [0.2, 0.25) is 0 Å². The largest absolute Gasteiger partial charge is 0.481 e. The highest BCUT2D eigenvalue weighted by molar-refractivity contribution is 5.92. The van der Waals surface area contributed by atoms with Gasteiger partial charge in [-0.25, -0.2) is 4.98 Å². The highest BCUT2D eigenvalue weighted by Gasteiger charge is 2.17. The van der Waals surface area contributed by atoms with Crippen LogP contribution in [0.15, 0.2) is 12.5 Å². The molecule has 1 heterocycles. The Balaban J connectivity index is 2.43. The predicted molar refractivity (Wildman–Crippen MR) is 57.0 cm³/mol. The molecule has 0 saturated heterocycles. The van der Waals surface area contributed by atoms with E-state index < -0.39 is 11.9 Å². The molecule has 1 amide bonds. The average Bonchev–Trinajstić information content (AvgIpc) is 2.76. The first-order valence-corrected chi connectivity index (χ1v) is 5.14. The number of carboxylic acid groups (broad SMARTS) is 1. The second-order valence-electron chi connectivity index (χ2n) is 3.50. The van der Waals surface area contributed by atoms with Gasteiger partial charge in [0.25, 0.3) is 5.91 Å². The predicted octanol–water partition coefficient (Wildman–Crippen LogP) is 0.640. The lowest BCUT2D eigenvalue weighted by atomic mass is 10.0. The molecule has 0 aliphatic rings. The number of carbonyl (C=O) groups is 2. The van der Waals surface area contributed by atoms with Crippen LogP contribution < -0.4 is 5.32 Å². The van der Waals surface area contributed by atoms with Crippen LogP contribution in [0.5, 0.6) is 0 Å². The van der Waals surface area contributed by atoms with E-state index in [1.807, 2.05) is 6.92 Å². The van der Waals surface area contributed by atoms with E-state index in [0.717, 1.165) is 6.42 Å². The summed E-state index contributed by atoms with van der Waals surface area (Å²) >= 11 is 0. The number of amides is 1. The van der Waals surface area contributed by atoms with Gasteiger partial charge in [-0.2, -0.15) is 0 Å². The van der Waals surface area contributed by atoms with Crippen LogP contribution in [0.4, 0.5) is 0 Å². The van der Waals surface area contributed by atoms with Crippen LogP contribution in [-0.4, -0.2) is 33.5 Å². The van der Waals surface area contributed by atoms with Crippen molar-refractivity contribution in [3.63, 3.8) is 0 Å². The zero-order valence-electron chi connectivity index (χ0n) is 9.06. The number of rotatable bonds is 6. The molecule has 0 saturated carbocycles. The first-order chi connectivity index (χ1) is 7.65. The van der Waals surface area contributed by atoms with Crippen molar-refractivity contribution in [3.05, 3.63) is 18.2 Å². The van der Waals surface area contributed by atoms with Crippen LogP contribution in [0.1, 0.15) is 30.3 Å². The van der Waals surface area contributed by atoms with Gasteiger partial charge in [-0.05, 0) is 6.42 Å². The fraction of sp³-hybridized carbons (Fsp3) is 0.500. The molecule has 0 aliphatic carbocycles. The van der Waals surface area contributed by atoms with Gasteiger partial charge >= 0.3 is 5.97 Å². The highest BCUT2D eigenvalue weighted by atomic mass is 16.4. The van der Waals surface area contributed by atoms with Gasteiger partial charge in [0.1, 0.15) is 5.69 Å². The van der Waals surface area contributed by atoms with Gasteiger partial charge in [-0.15, -0.1) is 0 Å². The Kier molecular flexibility index (Phi) is 4.50. The van der Waals surface area contributed by atoms with E-state index in [-0.39, 0.29) is 12.5 Å². The maximum atomic E-state index is 11.5. The molecule has 1 aromatic heterocycles. The maximum absolute atomic E-state index is 11.5. The van der Waals surface area contributed by atoms with E-state index in [2.05, 4.69) is 15.3 Å². The van der Waals surface area contributed by atoms with E-state index >= 15 is 0 Å². The molecule has 1 unspecified atom stereocenters. The van der Waals surface area contributed by atoms with Gasteiger partial charge in [-0.3, -0.25) is 9.59 Å². The van der Waals surface area contributed by atoms with Crippen molar-refractivity contribution in [3.8, 4) is 0 Å². The number of nitrogens with zero attached hydrogens (tertiary/aromatic N) is 1. The minimum absolute atomic E-state index is 0.140. The fourth-order valence-corrected chi connectivity index (χ4v) is 1.35. The van der Waals surface area contributed by atoms with Crippen molar-refractivity contribution in [2.75, 3.05) is 6.54 Å². The van der Waals surface area contributed by atoms with Gasteiger partial charge in [0.05, 0.1) is 18.4 Å². The summed E-state index contributed by atoms with van der Waals surface area (Å²) in [5.41, 5.74) is 0.334.